The average Bonchev–Trinajstić information content (AvgIpc) is 2.38. The maximum atomic E-state index is 4.47. The van der Waals surface area contributed by atoms with E-state index in [0.717, 1.165) is 12.1 Å². The van der Waals surface area contributed by atoms with Gasteiger partial charge in [0.1, 0.15) is 0 Å². The monoisotopic (exact) mass is 352 g/mol. The highest BCUT2D eigenvalue weighted by molar-refractivity contribution is 14.1. The second kappa shape index (κ2) is 6.29. The molecule has 1 atom stereocenters. The van der Waals surface area contributed by atoms with Gasteiger partial charge in [0.05, 0.1) is 0 Å². The van der Waals surface area contributed by atoms with Gasteiger partial charge in [-0.2, -0.15) is 0 Å². The van der Waals surface area contributed by atoms with Crippen molar-refractivity contribution in [3.63, 3.8) is 0 Å². The summed E-state index contributed by atoms with van der Waals surface area (Å²) >= 11 is 2.35. The normalized spacial score (nSPS) is 12.4. The van der Waals surface area contributed by atoms with E-state index < -0.39 is 0 Å². The SMILES string of the molecule is CNC(Cc1ccc(C)cn1)c1cccc(I)c1. The molecule has 0 aliphatic heterocycles. The van der Waals surface area contributed by atoms with Gasteiger partial charge in [0.2, 0.25) is 0 Å². The van der Waals surface area contributed by atoms with Crippen LogP contribution in [-0.2, 0) is 6.42 Å². The van der Waals surface area contributed by atoms with E-state index in [1.807, 2.05) is 13.2 Å². The molecular weight excluding hydrogens is 335 g/mol. The van der Waals surface area contributed by atoms with E-state index in [0.29, 0.717) is 6.04 Å². The standard InChI is InChI=1S/C15H17IN2/c1-11-6-7-14(18-10-11)9-15(17-2)12-4-3-5-13(16)8-12/h3-8,10,15,17H,9H2,1-2H3. The predicted molar refractivity (Wildman–Crippen MR) is 83.6 cm³/mol. The summed E-state index contributed by atoms with van der Waals surface area (Å²) in [5, 5.41) is 3.37. The smallest absolute Gasteiger partial charge is 0.0422 e. The van der Waals surface area contributed by atoms with Crippen molar-refractivity contribution in [1.29, 1.82) is 0 Å². The zero-order valence-electron chi connectivity index (χ0n) is 10.7. The number of rotatable bonds is 4. The summed E-state index contributed by atoms with van der Waals surface area (Å²) in [6.45, 7) is 2.06. The van der Waals surface area contributed by atoms with Gasteiger partial charge >= 0.3 is 0 Å². The number of nitrogens with zero attached hydrogens (tertiary/aromatic N) is 1. The lowest BCUT2D eigenvalue weighted by molar-refractivity contribution is 0.584. The van der Waals surface area contributed by atoms with Crippen LogP contribution >= 0.6 is 22.6 Å². The van der Waals surface area contributed by atoms with Crippen LogP contribution < -0.4 is 5.32 Å². The Morgan fingerprint density at radius 2 is 2.11 bits per heavy atom. The Labute approximate surface area is 122 Å². The molecule has 0 aliphatic carbocycles. The molecule has 0 amide bonds. The summed E-state index contributed by atoms with van der Waals surface area (Å²) < 4.78 is 1.27. The van der Waals surface area contributed by atoms with Crippen molar-refractivity contribution >= 4 is 22.6 Å². The number of hydrogen-bond acceptors (Lipinski definition) is 2. The Bertz CT molecular complexity index is 508. The molecule has 1 aromatic heterocycles. The number of aryl methyl sites for hydroxylation is 1. The fourth-order valence-electron chi connectivity index (χ4n) is 1.94. The fourth-order valence-corrected chi connectivity index (χ4v) is 2.51. The van der Waals surface area contributed by atoms with Gasteiger partial charge < -0.3 is 5.32 Å². The molecular formula is C15H17IN2. The number of halogens is 1. The van der Waals surface area contributed by atoms with E-state index in [-0.39, 0.29) is 0 Å². The molecule has 0 saturated heterocycles. The molecule has 0 aliphatic rings. The number of aromatic nitrogens is 1. The molecule has 0 spiro atoms. The first-order chi connectivity index (χ1) is 8.69. The van der Waals surface area contributed by atoms with Crippen LogP contribution in [0.25, 0.3) is 0 Å². The van der Waals surface area contributed by atoms with E-state index in [9.17, 15) is 0 Å². The first-order valence-corrected chi connectivity index (χ1v) is 7.11. The van der Waals surface area contributed by atoms with Gasteiger partial charge in [0, 0.05) is 27.9 Å². The zero-order valence-corrected chi connectivity index (χ0v) is 12.8. The third-order valence-electron chi connectivity index (χ3n) is 2.99. The van der Waals surface area contributed by atoms with Crippen molar-refractivity contribution < 1.29 is 0 Å². The van der Waals surface area contributed by atoms with Crippen LogP contribution in [0.2, 0.25) is 0 Å². The van der Waals surface area contributed by atoms with Crippen molar-refractivity contribution in [3.05, 3.63) is 63.0 Å². The molecule has 1 N–H and O–H groups in total. The summed E-state index contributed by atoms with van der Waals surface area (Å²) in [5.74, 6) is 0. The largest absolute Gasteiger partial charge is 0.313 e. The first kappa shape index (κ1) is 13.5. The van der Waals surface area contributed by atoms with Crippen molar-refractivity contribution in [2.75, 3.05) is 7.05 Å². The highest BCUT2D eigenvalue weighted by atomic mass is 127. The minimum atomic E-state index is 0.315. The summed E-state index contributed by atoms with van der Waals surface area (Å²) in [5.41, 5.74) is 3.64. The van der Waals surface area contributed by atoms with Gasteiger partial charge in [-0.15, -0.1) is 0 Å². The average molecular weight is 352 g/mol. The molecule has 0 bridgehead atoms. The van der Waals surface area contributed by atoms with Gasteiger partial charge in [-0.1, -0.05) is 18.2 Å². The lowest BCUT2D eigenvalue weighted by Gasteiger charge is -2.16. The van der Waals surface area contributed by atoms with Crippen molar-refractivity contribution in [1.82, 2.24) is 10.3 Å². The Hall–Kier alpha value is -0.940. The van der Waals surface area contributed by atoms with Crippen LogP contribution in [0.4, 0.5) is 0 Å². The Kier molecular flexibility index (Phi) is 4.72. The van der Waals surface area contributed by atoms with Gasteiger partial charge in [-0.05, 0) is 65.9 Å². The van der Waals surface area contributed by atoms with Gasteiger partial charge in [-0.3, -0.25) is 4.98 Å². The molecule has 0 fully saturated rings. The van der Waals surface area contributed by atoms with E-state index in [2.05, 4.69) is 76.2 Å². The molecule has 94 valence electrons. The molecule has 3 heteroatoms. The molecule has 1 unspecified atom stereocenters. The van der Waals surface area contributed by atoms with Crippen molar-refractivity contribution in [2.24, 2.45) is 0 Å². The molecule has 2 nitrogen and oxygen atoms in total. The third kappa shape index (κ3) is 3.53. The second-order valence-electron chi connectivity index (χ2n) is 4.43. The number of pyridine rings is 1. The molecule has 2 aromatic rings. The van der Waals surface area contributed by atoms with E-state index in [4.69, 9.17) is 0 Å². The Morgan fingerprint density at radius 1 is 1.28 bits per heavy atom. The van der Waals surface area contributed by atoms with E-state index >= 15 is 0 Å². The zero-order chi connectivity index (χ0) is 13.0. The summed E-state index contributed by atoms with van der Waals surface area (Å²) in [6, 6.07) is 13.1. The number of likely N-dealkylation sites (N-methyl/N-ethyl adjacent to an activating group) is 1. The van der Waals surface area contributed by atoms with Crippen LogP contribution in [0.3, 0.4) is 0 Å². The first-order valence-electron chi connectivity index (χ1n) is 6.03. The van der Waals surface area contributed by atoms with Gasteiger partial charge in [0.25, 0.3) is 0 Å². The van der Waals surface area contributed by atoms with Crippen LogP contribution in [0.15, 0.2) is 42.6 Å². The molecule has 0 radical (unpaired) electrons. The number of benzene rings is 1. The third-order valence-corrected chi connectivity index (χ3v) is 3.66. The Morgan fingerprint density at radius 3 is 2.72 bits per heavy atom. The topological polar surface area (TPSA) is 24.9 Å². The number of nitrogens with one attached hydrogen (secondary N) is 1. The molecule has 0 saturated carbocycles. The number of hydrogen-bond donors (Lipinski definition) is 1. The Balaban J connectivity index is 2.17. The van der Waals surface area contributed by atoms with E-state index in [1.54, 1.807) is 0 Å². The summed E-state index contributed by atoms with van der Waals surface area (Å²) in [4.78, 5) is 4.47. The molecule has 1 heterocycles. The fraction of sp³-hybridized carbons (Fsp3) is 0.267. The molecule has 2 rings (SSSR count). The van der Waals surface area contributed by atoms with Crippen LogP contribution in [-0.4, -0.2) is 12.0 Å². The maximum Gasteiger partial charge on any atom is 0.0422 e. The lowest BCUT2D eigenvalue weighted by Crippen LogP contribution is -2.19. The predicted octanol–water partition coefficient (Wildman–Crippen LogP) is 3.50. The van der Waals surface area contributed by atoms with Gasteiger partial charge in [0.15, 0.2) is 0 Å². The lowest BCUT2D eigenvalue weighted by atomic mass is 10.0. The van der Waals surface area contributed by atoms with Crippen LogP contribution in [0.5, 0.6) is 0 Å². The van der Waals surface area contributed by atoms with Crippen LogP contribution in [0.1, 0.15) is 22.9 Å². The summed E-state index contributed by atoms with van der Waals surface area (Å²) in [7, 11) is 2.00. The van der Waals surface area contributed by atoms with Crippen molar-refractivity contribution in [2.45, 2.75) is 19.4 Å². The van der Waals surface area contributed by atoms with E-state index in [1.165, 1.54) is 14.7 Å². The van der Waals surface area contributed by atoms with Gasteiger partial charge in [-0.25, -0.2) is 0 Å². The minimum absolute atomic E-state index is 0.315. The summed E-state index contributed by atoms with van der Waals surface area (Å²) in [6.07, 6.45) is 2.84. The highest BCUT2D eigenvalue weighted by Crippen LogP contribution is 2.19. The molecule has 1 aromatic carbocycles. The minimum Gasteiger partial charge on any atom is -0.313 e. The highest BCUT2D eigenvalue weighted by Gasteiger charge is 2.10. The van der Waals surface area contributed by atoms with Crippen molar-refractivity contribution in [3.8, 4) is 0 Å². The van der Waals surface area contributed by atoms with Crippen LogP contribution in [0, 0.1) is 10.5 Å². The second-order valence-corrected chi connectivity index (χ2v) is 5.67. The maximum absolute atomic E-state index is 4.47. The quantitative estimate of drug-likeness (QED) is 0.852. The molecule has 18 heavy (non-hydrogen) atoms.